The zero-order chi connectivity index (χ0) is 25.2. The number of hydrogen-bond acceptors (Lipinski definition) is 3. The van der Waals surface area contributed by atoms with E-state index in [0.29, 0.717) is 25.4 Å². The Kier molecular flexibility index (Phi) is 9.98. The van der Waals surface area contributed by atoms with E-state index >= 15 is 0 Å². The Morgan fingerprint density at radius 2 is 1.54 bits per heavy atom. The molecule has 0 aliphatic rings. The zero-order valence-electron chi connectivity index (χ0n) is 21.2. The van der Waals surface area contributed by atoms with Gasteiger partial charge in [-0.05, 0) is 48.6 Å². The van der Waals surface area contributed by atoms with Crippen LogP contribution in [0.4, 0.5) is 0 Å². The fourth-order valence-electron chi connectivity index (χ4n) is 3.81. The molecule has 1 N–H and O–H groups in total. The standard InChI is InChI=1S/C30H36N2O2S/c1-22(2)19-31-30(34)28(18-25-11-6-5-7-12-25)32(20-26-13-9-8-10-24(26)4)29(33)21-35-27-16-14-23(3)15-17-27/h5-17,22,28H,18-21H2,1-4H3,(H,31,34)/t28-/m0/s1. The van der Waals surface area contributed by atoms with Gasteiger partial charge < -0.3 is 10.2 Å². The summed E-state index contributed by atoms with van der Waals surface area (Å²) in [6, 6.07) is 25.6. The highest BCUT2D eigenvalue weighted by molar-refractivity contribution is 8.00. The average Bonchev–Trinajstić information content (AvgIpc) is 2.85. The van der Waals surface area contributed by atoms with Crippen LogP contribution < -0.4 is 5.32 Å². The van der Waals surface area contributed by atoms with E-state index in [4.69, 9.17) is 0 Å². The average molecular weight is 489 g/mol. The summed E-state index contributed by atoms with van der Waals surface area (Å²) in [5, 5.41) is 3.08. The maximum absolute atomic E-state index is 13.7. The molecule has 0 bridgehead atoms. The number of carbonyl (C=O) groups excluding carboxylic acids is 2. The normalized spacial score (nSPS) is 11.8. The van der Waals surface area contributed by atoms with E-state index in [1.807, 2.05) is 80.6 Å². The first-order valence-electron chi connectivity index (χ1n) is 12.2. The van der Waals surface area contributed by atoms with Crippen LogP contribution in [0.25, 0.3) is 0 Å². The van der Waals surface area contributed by atoms with Crippen LogP contribution in [0.5, 0.6) is 0 Å². The van der Waals surface area contributed by atoms with Crippen molar-refractivity contribution in [2.24, 2.45) is 5.92 Å². The van der Waals surface area contributed by atoms with Crippen molar-refractivity contribution in [2.75, 3.05) is 12.3 Å². The molecule has 2 amide bonds. The summed E-state index contributed by atoms with van der Waals surface area (Å²) in [5.41, 5.74) is 4.38. The molecule has 0 unspecified atom stereocenters. The third-order valence-corrected chi connectivity index (χ3v) is 6.94. The Hall–Kier alpha value is -3.05. The summed E-state index contributed by atoms with van der Waals surface area (Å²) in [7, 11) is 0. The van der Waals surface area contributed by atoms with E-state index in [1.54, 1.807) is 4.90 Å². The monoisotopic (exact) mass is 488 g/mol. The van der Waals surface area contributed by atoms with Gasteiger partial charge in [0.2, 0.25) is 11.8 Å². The molecule has 3 aromatic carbocycles. The third kappa shape index (κ3) is 8.29. The van der Waals surface area contributed by atoms with E-state index in [9.17, 15) is 9.59 Å². The smallest absolute Gasteiger partial charge is 0.243 e. The fourth-order valence-corrected chi connectivity index (χ4v) is 4.59. The Balaban J connectivity index is 1.90. The van der Waals surface area contributed by atoms with Crippen molar-refractivity contribution in [2.45, 2.75) is 51.6 Å². The molecule has 4 nitrogen and oxygen atoms in total. The molecule has 0 saturated heterocycles. The van der Waals surface area contributed by atoms with Crippen LogP contribution in [0.1, 0.15) is 36.1 Å². The molecule has 35 heavy (non-hydrogen) atoms. The number of hydrogen-bond donors (Lipinski definition) is 1. The predicted octanol–water partition coefficient (Wildman–Crippen LogP) is 5.81. The fraction of sp³-hybridized carbons (Fsp3) is 0.333. The molecular weight excluding hydrogens is 452 g/mol. The maximum atomic E-state index is 13.7. The van der Waals surface area contributed by atoms with Gasteiger partial charge in [-0.1, -0.05) is 86.1 Å². The summed E-state index contributed by atoms with van der Waals surface area (Å²) in [6.45, 7) is 9.21. The molecule has 0 saturated carbocycles. The van der Waals surface area contributed by atoms with Crippen LogP contribution in [-0.2, 0) is 22.6 Å². The minimum atomic E-state index is -0.595. The maximum Gasteiger partial charge on any atom is 0.243 e. The molecule has 0 spiro atoms. The number of carbonyl (C=O) groups is 2. The second kappa shape index (κ2) is 13.1. The first kappa shape index (κ1) is 26.6. The van der Waals surface area contributed by atoms with E-state index in [0.717, 1.165) is 21.6 Å². The van der Waals surface area contributed by atoms with Gasteiger partial charge in [-0.25, -0.2) is 0 Å². The quantitative estimate of drug-likeness (QED) is 0.347. The van der Waals surface area contributed by atoms with Gasteiger partial charge in [0.15, 0.2) is 0 Å². The molecule has 1 atom stereocenters. The van der Waals surface area contributed by atoms with Gasteiger partial charge in [0.1, 0.15) is 6.04 Å². The van der Waals surface area contributed by atoms with Gasteiger partial charge in [0, 0.05) is 24.4 Å². The number of rotatable bonds is 11. The van der Waals surface area contributed by atoms with E-state index < -0.39 is 6.04 Å². The first-order chi connectivity index (χ1) is 16.8. The highest BCUT2D eigenvalue weighted by atomic mass is 32.2. The summed E-state index contributed by atoms with van der Waals surface area (Å²) in [4.78, 5) is 30.0. The number of nitrogens with one attached hydrogen (secondary N) is 1. The third-order valence-electron chi connectivity index (χ3n) is 5.94. The van der Waals surface area contributed by atoms with Crippen molar-refractivity contribution >= 4 is 23.6 Å². The molecule has 0 fully saturated rings. The SMILES string of the molecule is Cc1ccc(SCC(=O)N(Cc2ccccc2C)[C@@H](Cc2ccccc2)C(=O)NCC(C)C)cc1. The zero-order valence-corrected chi connectivity index (χ0v) is 22.0. The van der Waals surface area contributed by atoms with Crippen molar-refractivity contribution in [3.8, 4) is 0 Å². The first-order valence-corrected chi connectivity index (χ1v) is 13.2. The topological polar surface area (TPSA) is 49.4 Å². The molecule has 0 aliphatic heterocycles. The van der Waals surface area contributed by atoms with Crippen LogP contribution in [0.15, 0.2) is 83.8 Å². The van der Waals surface area contributed by atoms with Gasteiger partial charge in [-0.2, -0.15) is 0 Å². The molecule has 5 heteroatoms. The van der Waals surface area contributed by atoms with Gasteiger partial charge in [-0.3, -0.25) is 9.59 Å². The largest absolute Gasteiger partial charge is 0.354 e. The number of nitrogens with zero attached hydrogens (tertiary/aromatic N) is 1. The highest BCUT2D eigenvalue weighted by Crippen LogP contribution is 2.22. The van der Waals surface area contributed by atoms with Crippen LogP contribution in [0.2, 0.25) is 0 Å². The van der Waals surface area contributed by atoms with Gasteiger partial charge >= 0.3 is 0 Å². The Bertz CT molecular complexity index is 1100. The molecular formula is C30H36N2O2S. The van der Waals surface area contributed by atoms with Crippen molar-refractivity contribution in [1.82, 2.24) is 10.2 Å². The Labute approximate surface area is 214 Å². The lowest BCUT2D eigenvalue weighted by Crippen LogP contribution is -2.51. The molecule has 184 valence electrons. The number of thioether (sulfide) groups is 1. The summed E-state index contributed by atoms with van der Waals surface area (Å²) < 4.78 is 0. The molecule has 0 aromatic heterocycles. The van der Waals surface area contributed by atoms with Crippen molar-refractivity contribution < 1.29 is 9.59 Å². The minimum Gasteiger partial charge on any atom is -0.354 e. The van der Waals surface area contributed by atoms with Gasteiger partial charge in [0.05, 0.1) is 5.75 Å². The second-order valence-electron chi connectivity index (χ2n) is 9.39. The van der Waals surface area contributed by atoms with Crippen LogP contribution in [0.3, 0.4) is 0 Å². The Morgan fingerprint density at radius 3 is 2.20 bits per heavy atom. The highest BCUT2D eigenvalue weighted by Gasteiger charge is 2.30. The molecule has 0 radical (unpaired) electrons. The summed E-state index contributed by atoms with van der Waals surface area (Å²) in [6.07, 6.45) is 0.470. The van der Waals surface area contributed by atoms with Gasteiger partial charge in [0.25, 0.3) is 0 Å². The number of benzene rings is 3. The summed E-state index contributed by atoms with van der Waals surface area (Å²) >= 11 is 1.51. The lowest BCUT2D eigenvalue weighted by Gasteiger charge is -2.32. The molecule has 3 rings (SSSR count). The molecule has 3 aromatic rings. The van der Waals surface area contributed by atoms with Crippen LogP contribution >= 0.6 is 11.8 Å². The second-order valence-corrected chi connectivity index (χ2v) is 10.4. The lowest BCUT2D eigenvalue weighted by atomic mass is 10.0. The number of amides is 2. The van der Waals surface area contributed by atoms with Gasteiger partial charge in [-0.15, -0.1) is 11.8 Å². The molecule has 0 aliphatic carbocycles. The van der Waals surface area contributed by atoms with Crippen LogP contribution in [-0.4, -0.2) is 35.1 Å². The number of aryl methyl sites for hydroxylation is 2. The van der Waals surface area contributed by atoms with Crippen molar-refractivity contribution in [1.29, 1.82) is 0 Å². The molecule has 0 heterocycles. The van der Waals surface area contributed by atoms with E-state index in [2.05, 4.69) is 31.3 Å². The van der Waals surface area contributed by atoms with Crippen molar-refractivity contribution in [3.63, 3.8) is 0 Å². The van der Waals surface area contributed by atoms with Crippen molar-refractivity contribution in [3.05, 3.63) is 101 Å². The van der Waals surface area contributed by atoms with E-state index in [1.165, 1.54) is 17.3 Å². The lowest BCUT2D eigenvalue weighted by molar-refractivity contribution is -0.139. The summed E-state index contributed by atoms with van der Waals surface area (Å²) in [5.74, 6) is 0.454. The van der Waals surface area contributed by atoms with Crippen LogP contribution in [0, 0.1) is 19.8 Å². The minimum absolute atomic E-state index is 0.0422. The Morgan fingerprint density at radius 1 is 0.886 bits per heavy atom. The van der Waals surface area contributed by atoms with E-state index in [-0.39, 0.29) is 17.6 Å². The predicted molar refractivity (Wildman–Crippen MR) is 145 cm³/mol.